The van der Waals surface area contributed by atoms with Crippen molar-refractivity contribution in [1.29, 1.82) is 0 Å². The number of β-amino-alcohol motifs (C(OH)–C–C–N with tert-alkyl or cyclic N) is 1. The lowest BCUT2D eigenvalue weighted by molar-refractivity contribution is 0.0401. The number of hydrogen-bond donors (Lipinski definition) is 3. The van der Waals surface area contributed by atoms with Gasteiger partial charge in [0.05, 0.1) is 12.2 Å². The van der Waals surface area contributed by atoms with Gasteiger partial charge in [0.2, 0.25) is 0 Å². The van der Waals surface area contributed by atoms with Crippen LogP contribution in [0.15, 0.2) is 0 Å². The van der Waals surface area contributed by atoms with Crippen LogP contribution >= 0.6 is 0 Å². The van der Waals surface area contributed by atoms with E-state index in [9.17, 15) is 0 Å². The number of hydrogen-bond acceptors (Lipinski definition) is 3. The van der Waals surface area contributed by atoms with E-state index in [-0.39, 0.29) is 6.04 Å². The average molecular weight is 131 g/mol. The maximum absolute atomic E-state index is 9.14. The largest absolute Gasteiger partial charge is 0.389 e. The summed E-state index contributed by atoms with van der Waals surface area (Å²) in [6, 6.07) is 0.0972. The lowest BCUT2D eigenvalue weighted by Crippen LogP contribution is -2.31. The third-order valence-electron chi connectivity index (χ3n) is 1.84. The van der Waals surface area contributed by atoms with Crippen LogP contribution < -0.4 is 5.32 Å². The molecule has 3 atom stereocenters. The molecule has 1 rings (SSSR count). The summed E-state index contributed by atoms with van der Waals surface area (Å²) in [4.78, 5) is 0. The van der Waals surface area contributed by atoms with Crippen LogP contribution in [0.1, 0.15) is 13.3 Å². The maximum Gasteiger partial charge on any atom is 0.0963 e. The number of rotatable bonds is 1. The van der Waals surface area contributed by atoms with Gasteiger partial charge in [0.1, 0.15) is 0 Å². The molecule has 54 valence electrons. The summed E-state index contributed by atoms with van der Waals surface area (Å²) in [6.45, 7) is 2.51. The van der Waals surface area contributed by atoms with E-state index >= 15 is 0 Å². The quantitative estimate of drug-likeness (QED) is 0.432. The molecule has 0 bridgehead atoms. The van der Waals surface area contributed by atoms with Crippen LogP contribution in [0.25, 0.3) is 0 Å². The van der Waals surface area contributed by atoms with Gasteiger partial charge in [0.15, 0.2) is 0 Å². The number of nitrogens with one attached hydrogen (secondary N) is 1. The van der Waals surface area contributed by atoms with Crippen molar-refractivity contribution in [2.24, 2.45) is 0 Å². The number of aliphatic hydroxyl groups excluding tert-OH is 2. The predicted octanol–water partition coefficient (Wildman–Crippen LogP) is -0.910. The van der Waals surface area contributed by atoms with E-state index in [1.165, 1.54) is 0 Å². The van der Waals surface area contributed by atoms with Crippen LogP contribution in [0.3, 0.4) is 0 Å². The number of aliphatic hydroxyl groups is 2. The van der Waals surface area contributed by atoms with Gasteiger partial charge in [0, 0.05) is 12.6 Å². The minimum absolute atomic E-state index is 0.0972. The summed E-state index contributed by atoms with van der Waals surface area (Å²) in [7, 11) is 0. The fourth-order valence-electron chi connectivity index (χ4n) is 1.17. The summed E-state index contributed by atoms with van der Waals surface area (Å²) in [5.74, 6) is 0. The van der Waals surface area contributed by atoms with Gasteiger partial charge in [0.25, 0.3) is 0 Å². The molecular formula is C6H13NO2. The van der Waals surface area contributed by atoms with Crippen molar-refractivity contribution in [3.8, 4) is 0 Å². The molecule has 1 saturated heterocycles. The molecule has 0 aromatic rings. The molecule has 1 aliphatic rings. The Labute approximate surface area is 54.7 Å². The van der Waals surface area contributed by atoms with E-state index in [4.69, 9.17) is 10.2 Å². The van der Waals surface area contributed by atoms with Gasteiger partial charge >= 0.3 is 0 Å². The molecule has 0 saturated carbocycles. The molecule has 9 heavy (non-hydrogen) atoms. The second kappa shape index (κ2) is 2.64. The van der Waals surface area contributed by atoms with E-state index in [0.717, 1.165) is 6.42 Å². The van der Waals surface area contributed by atoms with Gasteiger partial charge in [-0.15, -0.1) is 0 Å². The monoisotopic (exact) mass is 131 g/mol. The maximum atomic E-state index is 9.14. The van der Waals surface area contributed by atoms with Crippen molar-refractivity contribution in [1.82, 2.24) is 5.32 Å². The Kier molecular flexibility index (Phi) is 2.05. The SMILES string of the molecule is CC[C@@H]1NC[C@@H](O)[C@@H]1O. The van der Waals surface area contributed by atoms with E-state index in [2.05, 4.69) is 5.32 Å². The minimum Gasteiger partial charge on any atom is -0.389 e. The molecule has 0 radical (unpaired) electrons. The highest BCUT2D eigenvalue weighted by atomic mass is 16.3. The zero-order valence-corrected chi connectivity index (χ0v) is 5.54. The topological polar surface area (TPSA) is 52.5 Å². The first-order valence-electron chi connectivity index (χ1n) is 3.35. The molecule has 1 heterocycles. The van der Waals surface area contributed by atoms with Crippen molar-refractivity contribution >= 4 is 0 Å². The van der Waals surface area contributed by atoms with E-state index < -0.39 is 12.2 Å². The smallest absolute Gasteiger partial charge is 0.0963 e. The molecule has 0 spiro atoms. The summed E-state index contributed by atoms with van der Waals surface area (Å²) >= 11 is 0. The van der Waals surface area contributed by atoms with Crippen LogP contribution in [0.2, 0.25) is 0 Å². The second-order valence-electron chi connectivity index (χ2n) is 2.48. The van der Waals surface area contributed by atoms with Crippen LogP contribution in [-0.2, 0) is 0 Å². The van der Waals surface area contributed by atoms with Crippen LogP contribution in [0, 0.1) is 0 Å². The Morgan fingerprint density at radius 2 is 2.22 bits per heavy atom. The first kappa shape index (κ1) is 6.99. The Morgan fingerprint density at radius 3 is 2.44 bits per heavy atom. The van der Waals surface area contributed by atoms with Gasteiger partial charge in [-0.3, -0.25) is 0 Å². The van der Waals surface area contributed by atoms with Crippen molar-refractivity contribution in [2.75, 3.05) is 6.54 Å². The zero-order valence-electron chi connectivity index (χ0n) is 5.54. The van der Waals surface area contributed by atoms with Crippen molar-refractivity contribution < 1.29 is 10.2 Å². The molecule has 0 unspecified atom stereocenters. The highest BCUT2D eigenvalue weighted by molar-refractivity contribution is 4.89. The highest BCUT2D eigenvalue weighted by Crippen LogP contribution is 2.09. The zero-order chi connectivity index (χ0) is 6.85. The Hall–Kier alpha value is -0.120. The van der Waals surface area contributed by atoms with Gasteiger partial charge in [-0.1, -0.05) is 6.92 Å². The summed E-state index contributed by atoms with van der Waals surface area (Å²) in [5, 5.41) is 21.1. The Bertz CT molecular complexity index is 97.1. The lowest BCUT2D eigenvalue weighted by Gasteiger charge is -2.12. The third-order valence-corrected chi connectivity index (χ3v) is 1.84. The molecule has 3 N–H and O–H groups in total. The van der Waals surface area contributed by atoms with E-state index in [1.54, 1.807) is 0 Å². The molecule has 0 aromatic heterocycles. The Morgan fingerprint density at radius 1 is 1.56 bits per heavy atom. The third kappa shape index (κ3) is 1.23. The van der Waals surface area contributed by atoms with E-state index in [1.807, 2.05) is 6.92 Å². The van der Waals surface area contributed by atoms with Gasteiger partial charge in [-0.05, 0) is 6.42 Å². The van der Waals surface area contributed by atoms with Gasteiger partial charge in [-0.25, -0.2) is 0 Å². The van der Waals surface area contributed by atoms with Crippen molar-refractivity contribution in [3.63, 3.8) is 0 Å². The average Bonchev–Trinajstić information content (AvgIpc) is 2.15. The summed E-state index contributed by atoms with van der Waals surface area (Å²) < 4.78 is 0. The molecule has 0 amide bonds. The normalized spacial score (nSPS) is 43.7. The predicted molar refractivity (Wildman–Crippen MR) is 34.1 cm³/mol. The van der Waals surface area contributed by atoms with Crippen molar-refractivity contribution in [3.05, 3.63) is 0 Å². The molecule has 1 aliphatic heterocycles. The van der Waals surface area contributed by atoms with Crippen LogP contribution in [-0.4, -0.2) is 35.0 Å². The second-order valence-corrected chi connectivity index (χ2v) is 2.48. The van der Waals surface area contributed by atoms with Crippen molar-refractivity contribution in [2.45, 2.75) is 31.6 Å². The fraction of sp³-hybridized carbons (Fsp3) is 1.00. The first-order chi connectivity index (χ1) is 4.25. The van der Waals surface area contributed by atoms with E-state index in [0.29, 0.717) is 6.54 Å². The highest BCUT2D eigenvalue weighted by Gasteiger charge is 2.30. The Balaban J connectivity index is 2.41. The molecule has 0 aromatic carbocycles. The molecule has 3 heteroatoms. The lowest BCUT2D eigenvalue weighted by atomic mass is 10.1. The summed E-state index contributed by atoms with van der Waals surface area (Å²) in [5.41, 5.74) is 0. The molecule has 1 fully saturated rings. The van der Waals surface area contributed by atoms with Crippen LogP contribution in [0.4, 0.5) is 0 Å². The standard InChI is InChI=1S/C6H13NO2/c1-2-4-6(9)5(8)3-7-4/h4-9H,2-3H2,1H3/t4-,5+,6+/m0/s1. The molecule has 0 aliphatic carbocycles. The first-order valence-corrected chi connectivity index (χ1v) is 3.35. The van der Waals surface area contributed by atoms with Gasteiger partial charge < -0.3 is 15.5 Å². The fourth-order valence-corrected chi connectivity index (χ4v) is 1.17. The minimum atomic E-state index is -0.560. The van der Waals surface area contributed by atoms with Gasteiger partial charge in [-0.2, -0.15) is 0 Å². The summed E-state index contributed by atoms with van der Waals surface area (Å²) in [6.07, 6.45) is -0.247. The molecular weight excluding hydrogens is 118 g/mol. The molecule has 3 nitrogen and oxygen atoms in total. The van der Waals surface area contributed by atoms with Crippen LogP contribution in [0.5, 0.6) is 0 Å².